The van der Waals surface area contributed by atoms with Crippen LogP contribution in [-0.4, -0.2) is 54.7 Å². The van der Waals surface area contributed by atoms with E-state index >= 15 is 0 Å². The Morgan fingerprint density at radius 3 is 2.92 bits per heavy atom. The highest BCUT2D eigenvalue weighted by atomic mass is 19.1. The summed E-state index contributed by atoms with van der Waals surface area (Å²) in [5, 5.41) is 0. The summed E-state index contributed by atoms with van der Waals surface area (Å²) in [4.78, 5) is 4.72. The monoisotopic (exact) mass is 172 g/mol. The summed E-state index contributed by atoms with van der Waals surface area (Å²) >= 11 is 0. The van der Waals surface area contributed by atoms with Gasteiger partial charge in [0.05, 0.1) is 0 Å². The number of alkyl halides is 1. The van der Waals surface area contributed by atoms with Crippen LogP contribution in [0.2, 0.25) is 0 Å². The predicted octanol–water partition coefficient (Wildman–Crippen LogP) is 0.734. The van der Waals surface area contributed by atoms with Gasteiger partial charge in [-0.25, -0.2) is 4.39 Å². The third-order valence-electron chi connectivity index (χ3n) is 3.10. The zero-order valence-electron chi connectivity index (χ0n) is 7.67. The highest BCUT2D eigenvalue weighted by Gasteiger charge is 2.35. The minimum atomic E-state index is -0.563. The van der Waals surface area contributed by atoms with Crippen LogP contribution in [-0.2, 0) is 0 Å². The van der Waals surface area contributed by atoms with E-state index in [1.54, 1.807) is 0 Å². The molecule has 0 aromatic carbocycles. The van der Waals surface area contributed by atoms with Gasteiger partial charge in [0.15, 0.2) is 0 Å². The molecule has 2 saturated heterocycles. The second-order valence-electron chi connectivity index (χ2n) is 3.87. The standard InChI is InChI=1S/C9H17FN2/c1-2-11-3-4-12-6-8(10)5-9(12)7-11/h8-9H,2-7H2,1H3. The van der Waals surface area contributed by atoms with Crippen molar-refractivity contribution in [2.24, 2.45) is 0 Å². The van der Waals surface area contributed by atoms with Gasteiger partial charge < -0.3 is 4.90 Å². The Balaban J connectivity index is 1.93. The van der Waals surface area contributed by atoms with Crippen molar-refractivity contribution in [1.82, 2.24) is 9.80 Å². The molecule has 0 spiro atoms. The van der Waals surface area contributed by atoms with E-state index in [1.807, 2.05) is 0 Å². The average Bonchev–Trinajstić information content (AvgIpc) is 2.43. The van der Waals surface area contributed by atoms with Crippen molar-refractivity contribution in [2.75, 3.05) is 32.7 Å². The fourth-order valence-corrected chi connectivity index (χ4v) is 2.33. The number of halogens is 1. The van der Waals surface area contributed by atoms with E-state index in [9.17, 15) is 4.39 Å². The summed E-state index contributed by atoms with van der Waals surface area (Å²) in [6.45, 7) is 7.25. The molecule has 0 aromatic rings. The van der Waals surface area contributed by atoms with E-state index in [0.717, 1.165) is 32.6 Å². The molecular weight excluding hydrogens is 155 g/mol. The van der Waals surface area contributed by atoms with Crippen molar-refractivity contribution < 1.29 is 4.39 Å². The number of nitrogens with zero attached hydrogens (tertiary/aromatic N) is 2. The van der Waals surface area contributed by atoms with Crippen LogP contribution in [0.5, 0.6) is 0 Å². The zero-order valence-corrected chi connectivity index (χ0v) is 7.67. The Morgan fingerprint density at radius 1 is 1.33 bits per heavy atom. The summed E-state index contributed by atoms with van der Waals surface area (Å²) in [7, 11) is 0. The summed E-state index contributed by atoms with van der Waals surface area (Å²) in [6, 6.07) is 0.508. The minimum Gasteiger partial charge on any atom is -0.301 e. The third-order valence-corrected chi connectivity index (χ3v) is 3.10. The van der Waals surface area contributed by atoms with Crippen molar-refractivity contribution in [2.45, 2.75) is 25.6 Å². The topological polar surface area (TPSA) is 6.48 Å². The number of rotatable bonds is 1. The van der Waals surface area contributed by atoms with Crippen LogP contribution in [0.25, 0.3) is 0 Å². The lowest BCUT2D eigenvalue weighted by molar-refractivity contribution is 0.108. The van der Waals surface area contributed by atoms with Crippen LogP contribution in [0.1, 0.15) is 13.3 Å². The Bertz CT molecular complexity index is 163. The van der Waals surface area contributed by atoms with Crippen molar-refractivity contribution in [3.63, 3.8) is 0 Å². The van der Waals surface area contributed by atoms with Crippen molar-refractivity contribution in [1.29, 1.82) is 0 Å². The predicted molar refractivity (Wildman–Crippen MR) is 47.0 cm³/mol. The fraction of sp³-hybridized carbons (Fsp3) is 1.00. The summed E-state index contributed by atoms with van der Waals surface area (Å²) in [5.41, 5.74) is 0. The Labute approximate surface area is 73.3 Å². The second kappa shape index (κ2) is 3.30. The summed E-state index contributed by atoms with van der Waals surface area (Å²) < 4.78 is 13.0. The van der Waals surface area contributed by atoms with E-state index in [1.165, 1.54) is 0 Å². The van der Waals surface area contributed by atoms with Gasteiger partial charge in [0, 0.05) is 32.2 Å². The molecule has 0 aliphatic carbocycles. The van der Waals surface area contributed by atoms with E-state index < -0.39 is 6.17 Å². The van der Waals surface area contributed by atoms with Gasteiger partial charge in [0.1, 0.15) is 6.17 Å². The normalized spacial score (nSPS) is 38.5. The smallest absolute Gasteiger partial charge is 0.114 e. The van der Waals surface area contributed by atoms with Gasteiger partial charge in [-0.3, -0.25) is 4.90 Å². The third kappa shape index (κ3) is 1.48. The van der Waals surface area contributed by atoms with Gasteiger partial charge in [-0.1, -0.05) is 6.92 Å². The molecule has 2 heterocycles. The largest absolute Gasteiger partial charge is 0.301 e. The Hall–Kier alpha value is -0.150. The second-order valence-corrected chi connectivity index (χ2v) is 3.87. The molecule has 70 valence electrons. The van der Waals surface area contributed by atoms with Crippen molar-refractivity contribution in [3.05, 3.63) is 0 Å². The first-order valence-electron chi connectivity index (χ1n) is 4.90. The molecule has 2 atom stereocenters. The lowest BCUT2D eigenvalue weighted by Gasteiger charge is -2.36. The number of hydrogen-bond acceptors (Lipinski definition) is 2. The highest BCUT2D eigenvalue weighted by molar-refractivity contribution is 4.90. The molecule has 0 saturated carbocycles. The summed E-state index contributed by atoms with van der Waals surface area (Å²) in [5.74, 6) is 0. The molecule has 2 aliphatic heterocycles. The van der Waals surface area contributed by atoms with Gasteiger partial charge in [-0.15, -0.1) is 0 Å². The number of hydrogen-bond donors (Lipinski definition) is 0. The number of piperazine rings is 1. The van der Waals surface area contributed by atoms with Crippen LogP contribution in [0.3, 0.4) is 0 Å². The molecule has 0 aromatic heterocycles. The summed E-state index contributed by atoms with van der Waals surface area (Å²) in [6.07, 6.45) is 0.197. The maximum absolute atomic E-state index is 13.0. The van der Waals surface area contributed by atoms with Gasteiger partial charge in [-0.2, -0.15) is 0 Å². The van der Waals surface area contributed by atoms with E-state index in [0.29, 0.717) is 12.6 Å². The van der Waals surface area contributed by atoms with Crippen molar-refractivity contribution >= 4 is 0 Å². The average molecular weight is 172 g/mol. The molecule has 0 N–H and O–H groups in total. The van der Waals surface area contributed by atoms with Crippen LogP contribution in [0, 0.1) is 0 Å². The molecule has 2 rings (SSSR count). The molecule has 2 fully saturated rings. The van der Waals surface area contributed by atoms with Gasteiger partial charge in [0.2, 0.25) is 0 Å². The molecule has 12 heavy (non-hydrogen) atoms. The first-order valence-corrected chi connectivity index (χ1v) is 4.90. The highest BCUT2D eigenvalue weighted by Crippen LogP contribution is 2.23. The molecule has 0 bridgehead atoms. The first kappa shape index (κ1) is 8.45. The number of fused-ring (bicyclic) bond motifs is 1. The quantitative estimate of drug-likeness (QED) is 0.575. The molecule has 0 radical (unpaired) electrons. The van der Waals surface area contributed by atoms with Gasteiger partial charge in [-0.05, 0) is 13.0 Å². The van der Waals surface area contributed by atoms with E-state index in [-0.39, 0.29) is 0 Å². The maximum Gasteiger partial charge on any atom is 0.114 e. The molecule has 2 nitrogen and oxygen atoms in total. The van der Waals surface area contributed by atoms with Gasteiger partial charge >= 0.3 is 0 Å². The van der Waals surface area contributed by atoms with Crippen molar-refractivity contribution in [3.8, 4) is 0 Å². The molecule has 2 aliphatic rings. The van der Waals surface area contributed by atoms with Gasteiger partial charge in [0.25, 0.3) is 0 Å². The van der Waals surface area contributed by atoms with Crippen LogP contribution in [0.15, 0.2) is 0 Å². The SMILES string of the molecule is CCN1CCN2CC(F)CC2C1. The van der Waals surface area contributed by atoms with Crippen LogP contribution in [0.4, 0.5) is 4.39 Å². The molecule has 2 unspecified atom stereocenters. The Morgan fingerprint density at radius 2 is 2.17 bits per heavy atom. The first-order chi connectivity index (χ1) is 5.79. The minimum absolute atomic E-state index is 0.508. The lowest BCUT2D eigenvalue weighted by Crippen LogP contribution is -2.49. The fourth-order valence-electron chi connectivity index (χ4n) is 2.33. The van der Waals surface area contributed by atoms with E-state index in [4.69, 9.17) is 0 Å². The molecular formula is C9H17FN2. The van der Waals surface area contributed by atoms with E-state index in [2.05, 4.69) is 16.7 Å². The number of likely N-dealkylation sites (N-methyl/N-ethyl adjacent to an activating group) is 1. The maximum atomic E-state index is 13.0. The lowest BCUT2D eigenvalue weighted by atomic mass is 10.1. The molecule has 3 heteroatoms. The van der Waals surface area contributed by atoms with Crippen LogP contribution < -0.4 is 0 Å². The Kier molecular flexibility index (Phi) is 2.33. The van der Waals surface area contributed by atoms with Crippen LogP contribution >= 0.6 is 0 Å². The zero-order chi connectivity index (χ0) is 8.55. The molecule has 0 amide bonds.